The Kier molecular flexibility index (Phi) is 5.19. The summed E-state index contributed by atoms with van der Waals surface area (Å²) in [6.45, 7) is 3.52. The summed E-state index contributed by atoms with van der Waals surface area (Å²) in [5.74, 6) is 0.942. The lowest BCUT2D eigenvalue weighted by Crippen LogP contribution is -2.43. The van der Waals surface area contributed by atoms with E-state index in [0.717, 1.165) is 61.1 Å². The van der Waals surface area contributed by atoms with Crippen LogP contribution in [0.2, 0.25) is 0 Å². The van der Waals surface area contributed by atoms with Crippen molar-refractivity contribution in [3.8, 4) is 5.75 Å². The van der Waals surface area contributed by atoms with Gasteiger partial charge in [0.15, 0.2) is 0 Å². The van der Waals surface area contributed by atoms with Crippen LogP contribution in [0.5, 0.6) is 5.75 Å². The molecule has 1 fully saturated rings. The van der Waals surface area contributed by atoms with Crippen molar-refractivity contribution in [1.82, 2.24) is 9.88 Å². The van der Waals surface area contributed by atoms with Crippen molar-refractivity contribution < 1.29 is 9.84 Å². The van der Waals surface area contributed by atoms with Gasteiger partial charge in [-0.05, 0) is 53.8 Å². The average Bonchev–Trinajstić information content (AvgIpc) is 3.27. The molecule has 30 heavy (non-hydrogen) atoms. The van der Waals surface area contributed by atoms with Gasteiger partial charge in [0.25, 0.3) is 0 Å². The number of aromatic nitrogens is 1. The monoisotopic (exact) mass is 400 g/mol. The average molecular weight is 401 g/mol. The summed E-state index contributed by atoms with van der Waals surface area (Å²) in [5.41, 5.74) is 1.44. The number of ether oxygens (including phenoxy) is 1. The normalized spacial score (nSPS) is 16.8. The first-order valence-corrected chi connectivity index (χ1v) is 10.8. The Morgan fingerprint density at radius 3 is 2.60 bits per heavy atom. The van der Waals surface area contributed by atoms with Crippen LogP contribution in [-0.4, -0.2) is 41.2 Å². The number of rotatable bonds is 6. The van der Waals surface area contributed by atoms with E-state index in [9.17, 15) is 5.11 Å². The zero-order valence-corrected chi connectivity index (χ0v) is 17.2. The number of H-pyrrole nitrogens is 1. The Balaban J connectivity index is 1.16. The van der Waals surface area contributed by atoms with Crippen LogP contribution in [0.3, 0.4) is 0 Å². The minimum absolute atomic E-state index is 0.703. The lowest BCUT2D eigenvalue weighted by molar-refractivity contribution is -0.0253. The third kappa shape index (κ3) is 3.69. The summed E-state index contributed by atoms with van der Waals surface area (Å²) in [6.07, 6.45) is 4.46. The standard InChI is InChI=1S/C26H28N2O2/c29-26(23-9-3-7-20-6-1-2-8-21(20)23)13-17-28(18-14-26)16-5-19-30-25-11-4-10-24-22(25)12-15-27-24/h1-4,6-12,15,27,29H,5,13-14,16-19H2. The third-order valence-electron chi connectivity index (χ3n) is 6.41. The van der Waals surface area contributed by atoms with E-state index >= 15 is 0 Å². The number of likely N-dealkylation sites (tertiary alicyclic amines) is 1. The predicted molar refractivity (Wildman–Crippen MR) is 122 cm³/mol. The summed E-state index contributed by atoms with van der Waals surface area (Å²) < 4.78 is 6.03. The summed E-state index contributed by atoms with van der Waals surface area (Å²) in [7, 11) is 0. The Morgan fingerprint density at radius 1 is 0.900 bits per heavy atom. The molecule has 0 unspecified atom stereocenters. The molecule has 154 valence electrons. The molecule has 3 aromatic carbocycles. The fraction of sp³-hybridized carbons (Fsp3) is 0.308. The zero-order chi connectivity index (χ0) is 20.4. The van der Waals surface area contributed by atoms with Gasteiger partial charge in [-0.25, -0.2) is 0 Å². The maximum atomic E-state index is 11.4. The first kappa shape index (κ1) is 19.2. The second kappa shape index (κ2) is 8.13. The molecule has 4 aromatic rings. The lowest BCUT2D eigenvalue weighted by Gasteiger charge is -2.39. The van der Waals surface area contributed by atoms with Gasteiger partial charge in [0.1, 0.15) is 5.75 Å². The molecule has 0 atom stereocenters. The summed E-state index contributed by atoms with van der Waals surface area (Å²) in [4.78, 5) is 5.67. The second-order valence-corrected chi connectivity index (χ2v) is 8.30. The van der Waals surface area contributed by atoms with Crippen molar-refractivity contribution in [2.75, 3.05) is 26.2 Å². The van der Waals surface area contributed by atoms with E-state index in [1.165, 1.54) is 10.8 Å². The number of nitrogens with one attached hydrogen (secondary N) is 1. The Bertz CT molecular complexity index is 1140. The number of piperidine rings is 1. The maximum Gasteiger partial charge on any atom is 0.128 e. The van der Waals surface area contributed by atoms with Gasteiger partial charge in [-0.1, -0.05) is 48.5 Å². The highest BCUT2D eigenvalue weighted by Crippen LogP contribution is 2.37. The van der Waals surface area contributed by atoms with Crippen LogP contribution in [0, 0.1) is 0 Å². The fourth-order valence-corrected chi connectivity index (χ4v) is 4.70. The van der Waals surface area contributed by atoms with Gasteiger partial charge in [-0.3, -0.25) is 0 Å². The van der Waals surface area contributed by atoms with Gasteiger partial charge in [0.05, 0.1) is 12.2 Å². The highest BCUT2D eigenvalue weighted by Gasteiger charge is 2.34. The van der Waals surface area contributed by atoms with Crippen LogP contribution >= 0.6 is 0 Å². The number of aromatic amines is 1. The van der Waals surface area contributed by atoms with Crippen LogP contribution < -0.4 is 4.74 Å². The highest BCUT2D eigenvalue weighted by atomic mass is 16.5. The van der Waals surface area contributed by atoms with E-state index in [0.29, 0.717) is 6.61 Å². The van der Waals surface area contributed by atoms with Crippen LogP contribution in [0.15, 0.2) is 72.9 Å². The number of hydrogen-bond donors (Lipinski definition) is 2. The Morgan fingerprint density at radius 2 is 1.70 bits per heavy atom. The van der Waals surface area contributed by atoms with Crippen LogP contribution in [-0.2, 0) is 5.60 Å². The highest BCUT2D eigenvalue weighted by molar-refractivity contribution is 5.86. The van der Waals surface area contributed by atoms with E-state index < -0.39 is 5.60 Å². The van der Waals surface area contributed by atoms with Gasteiger partial charge < -0.3 is 19.7 Å². The molecule has 5 rings (SSSR count). The molecular formula is C26H28N2O2. The smallest absolute Gasteiger partial charge is 0.128 e. The fourth-order valence-electron chi connectivity index (χ4n) is 4.70. The van der Waals surface area contributed by atoms with Gasteiger partial charge in [-0.15, -0.1) is 0 Å². The number of nitrogens with zero attached hydrogens (tertiary/aromatic N) is 1. The molecule has 0 aliphatic carbocycles. The minimum atomic E-state index is -0.738. The topological polar surface area (TPSA) is 48.5 Å². The van der Waals surface area contributed by atoms with Gasteiger partial charge >= 0.3 is 0 Å². The lowest BCUT2D eigenvalue weighted by atomic mass is 9.82. The van der Waals surface area contributed by atoms with E-state index in [4.69, 9.17) is 4.74 Å². The molecule has 0 saturated carbocycles. The van der Waals surface area contributed by atoms with Crippen molar-refractivity contribution in [1.29, 1.82) is 0 Å². The third-order valence-corrected chi connectivity index (χ3v) is 6.41. The number of hydrogen-bond acceptors (Lipinski definition) is 3. The molecule has 0 amide bonds. The molecule has 2 N–H and O–H groups in total. The second-order valence-electron chi connectivity index (χ2n) is 8.30. The van der Waals surface area contributed by atoms with Crippen molar-refractivity contribution in [3.63, 3.8) is 0 Å². The predicted octanol–water partition coefficient (Wildman–Crippen LogP) is 5.07. The first-order valence-electron chi connectivity index (χ1n) is 10.8. The molecule has 1 saturated heterocycles. The van der Waals surface area contributed by atoms with Crippen molar-refractivity contribution in [3.05, 3.63) is 78.5 Å². The Hall–Kier alpha value is -2.82. The molecule has 1 aliphatic rings. The van der Waals surface area contributed by atoms with Crippen LogP contribution in [0.1, 0.15) is 24.8 Å². The molecule has 0 bridgehead atoms. The summed E-state index contributed by atoms with van der Waals surface area (Å²) >= 11 is 0. The zero-order valence-electron chi connectivity index (χ0n) is 17.2. The van der Waals surface area contributed by atoms with Crippen molar-refractivity contribution in [2.45, 2.75) is 24.9 Å². The summed E-state index contributed by atoms with van der Waals surface area (Å²) in [5, 5.41) is 14.9. The van der Waals surface area contributed by atoms with Crippen molar-refractivity contribution in [2.24, 2.45) is 0 Å². The van der Waals surface area contributed by atoms with Gasteiger partial charge in [-0.2, -0.15) is 0 Å². The molecule has 1 aromatic heterocycles. The molecule has 4 nitrogen and oxygen atoms in total. The molecule has 2 heterocycles. The molecular weight excluding hydrogens is 372 g/mol. The van der Waals surface area contributed by atoms with Crippen LogP contribution in [0.25, 0.3) is 21.7 Å². The van der Waals surface area contributed by atoms with Gasteiger partial charge in [0.2, 0.25) is 0 Å². The van der Waals surface area contributed by atoms with Crippen molar-refractivity contribution >= 4 is 21.7 Å². The quantitative estimate of drug-likeness (QED) is 0.444. The van der Waals surface area contributed by atoms with Crippen LogP contribution in [0.4, 0.5) is 0 Å². The molecule has 4 heteroatoms. The number of benzene rings is 3. The SMILES string of the molecule is OC1(c2cccc3ccccc23)CCN(CCCOc2cccc3[nH]ccc23)CC1. The van der Waals surface area contributed by atoms with E-state index in [1.807, 2.05) is 18.3 Å². The Labute approximate surface area is 177 Å². The van der Waals surface area contributed by atoms with E-state index in [-0.39, 0.29) is 0 Å². The van der Waals surface area contributed by atoms with Gasteiger partial charge in [0, 0.05) is 36.7 Å². The molecule has 0 spiro atoms. The first-order chi connectivity index (χ1) is 14.7. The molecule has 1 aliphatic heterocycles. The molecule has 0 radical (unpaired) electrons. The summed E-state index contributed by atoms with van der Waals surface area (Å²) in [6, 6.07) is 22.8. The largest absolute Gasteiger partial charge is 0.493 e. The van der Waals surface area contributed by atoms with E-state index in [1.54, 1.807) is 0 Å². The number of fused-ring (bicyclic) bond motifs is 2. The maximum absolute atomic E-state index is 11.4. The number of aliphatic hydroxyl groups is 1. The van der Waals surface area contributed by atoms with E-state index in [2.05, 4.69) is 64.5 Å². The minimum Gasteiger partial charge on any atom is -0.493 e.